The number of hydrogen-bond acceptors (Lipinski definition) is 6. The maximum atomic E-state index is 12.9. The van der Waals surface area contributed by atoms with E-state index in [0.29, 0.717) is 30.2 Å². The molecule has 1 aliphatic rings. The average molecular weight is 413 g/mol. The van der Waals surface area contributed by atoms with E-state index in [9.17, 15) is 14.7 Å². The zero-order valence-electron chi connectivity index (χ0n) is 17.3. The van der Waals surface area contributed by atoms with Gasteiger partial charge < -0.3 is 34.3 Å². The van der Waals surface area contributed by atoms with Gasteiger partial charge in [-0.1, -0.05) is 12.1 Å². The molecular weight excluding hydrogens is 388 g/mol. The van der Waals surface area contributed by atoms with Gasteiger partial charge in [0.25, 0.3) is 0 Å². The van der Waals surface area contributed by atoms with Crippen molar-refractivity contribution in [2.45, 2.75) is 18.9 Å². The molecule has 2 aromatic rings. The molecule has 0 bridgehead atoms. The number of rotatable bonds is 7. The summed E-state index contributed by atoms with van der Waals surface area (Å²) >= 11 is 0. The largest absolute Gasteiger partial charge is 0.550 e. The minimum absolute atomic E-state index is 0.00574. The summed E-state index contributed by atoms with van der Waals surface area (Å²) in [6, 6.07) is 10.6. The second-order valence-corrected chi connectivity index (χ2v) is 6.88. The molecule has 0 saturated heterocycles. The van der Waals surface area contributed by atoms with Crippen LogP contribution in [-0.4, -0.2) is 51.3 Å². The molecule has 0 radical (unpaired) electrons. The fourth-order valence-corrected chi connectivity index (χ4v) is 3.68. The number of carbonyl (C=O) groups is 2. The molecule has 1 N–H and O–H groups in total. The Morgan fingerprint density at radius 1 is 1.07 bits per heavy atom. The SMILES string of the molecule is COc1ccc([C@@H]2c3cc(OC)c(OC)cc3CCN2C(=O)NCCC(=O)[O-])cc1. The lowest BCUT2D eigenvalue weighted by atomic mass is 9.87. The first-order valence-corrected chi connectivity index (χ1v) is 9.61. The molecule has 1 aliphatic heterocycles. The Balaban J connectivity index is 2.01. The molecule has 0 fully saturated rings. The van der Waals surface area contributed by atoms with Gasteiger partial charge in [0, 0.05) is 25.5 Å². The minimum atomic E-state index is -1.21. The number of nitrogens with zero attached hydrogens (tertiary/aromatic N) is 1. The van der Waals surface area contributed by atoms with E-state index in [4.69, 9.17) is 14.2 Å². The summed E-state index contributed by atoms with van der Waals surface area (Å²) in [6.07, 6.45) is 0.393. The average Bonchev–Trinajstić information content (AvgIpc) is 2.76. The van der Waals surface area contributed by atoms with Crippen LogP contribution in [0.5, 0.6) is 17.2 Å². The van der Waals surface area contributed by atoms with E-state index in [1.165, 1.54) is 0 Å². The second kappa shape index (κ2) is 9.39. The summed E-state index contributed by atoms with van der Waals surface area (Å²) in [4.78, 5) is 25.3. The lowest BCUT2D eigenvalue weighted by Gasteiger charge is -2.38. The van der Waals surface area contributed by atoms with Crippen molar-refractivity contribution < 1.29 is 28.9 Å². The Morgan fingerprint density at radius 2 is 1.73 bits per heavy atom. The third kappa shape index (κ3) is 4.42. The molecule has 2 aromatic carbocycles. The maximum Gasteiger partial charge on any atom is 0.318 e. The number of amides is 2. The van der Waals surface area contributed by atoms with Crippen LogP contribution in [-0.2, 0) is 11.2 Å². The Bertz CT molecular complexity index is 913. The van der Waals surface area contributed by atoms with E-state index < -0.39 is 5.97 Å². The van der Waals surface area contributed by atoms with Crippen molar-refractivity contribution in [3.05, 3.63) is 53.1 Å². The van der Waals surface area contributed by atoms with Gasteiger partial charge in [-0.05, 0) is 47.4 Å². The number of fused-ring (bicyclic) bond motifs is 1. The number of aliphatic carboxylic acids is 1. The van der Waals surface area contributed by atoms with Crippen molar-refractivity contribution in [1.29, 1.82) is 0 Å². The summed E-state index contributed by atoms with van der Waals surface area (Å²) in [5.74, 6) is 0.723. The maximum absolute atomic E-state index is 12.9. The molecule has 160 valence electrons. The first-order chi connectivity index (χ1) is 14.5. The zero-order chi connectivity index (χ0) is 21.7. The van der Waals surface area contributed by atoms with Crippen LogP contribution in [0.4, 0.5) is 4.79 Å². The zero-order valence-corrected chi connectivity index (χ0v) is 17.3. The van der Waals surface area contributed by atoms with Crippen LogP contribution in [0.25, 0.3) is 0 Å². The number of urea groups is 1. The highest BCUT2D eigenvalue weighted by atomic mass is 16.5. The first-order valence-electron chi connectivity index (χ1n) is 9.61. The van der Waals surface area contributed by atoms with E-state index in [1.54, 1.807) is 26.2 Å². The topological polar surface area (TPSA) is 100 Å². The monoisotopic (exact) mass is 413 g/mol. The number of ether oxygens (including phenoxy) is 3. The van der Waals surface area contributed by atoms with Crippen molar-refractivity contribution >= 4 is 12.0 Å². The Morgan fingerprint density at radius 3 is 2.33 bits per heavy atom. The van der Waals surface area contributed by atoms with E-state index >= 15 is 0 Å². The van der Waals surface area contributed by atoms with Crippen molar-refractivity contribution in [3.63, 3.8) is 0 Å². The molecule has 0 aliphatic carbocycles. The number of nitrogens with one attached hydrogen (secondary N) is 1. The fraction of sp³-hybridized carbons (Fsp3) is 0.364. The van der Waals surface area contributed by atoms with E-state index in [-0.39, 0.29) is 25.0 Å². The number of carboxylic acids is 1. The van der Waals surface area contributed by atoms with Crippen LogP contribution < -0.4 is 24.6 Å². The van der Waals surface area contributed by atoms with Gasteiger partial charge in [0.15, 0.2) is 11.5 Å². The highest BCUT2D eigenvalue weighted by molar-refractivity contribution is 5.77. The van der Waals surface area contributed by atoms with Crippen LogP contribution in [0.2, 0.25) is 0 Å². The number of benzene rings is 2. The van der Waals surface area contributed by atoms with Crippen molar-refractivity contribution in [3.8, 4) is 17.2 Å². The summed E-state index contributed by atoms with van der Waals surface area (Å²) in [5.41, 5.74) is 2.89. The first kappa shape index (κ1) is 21.3. The summed E-state index contributed by atoms with van der Waals surface area (Å²) in [7, 11) is 4.75. The molecule has 30 heavy (non-hydrogen) atoms. The van der Waals surface area contributed by atoms with Crippen LogP contribution in [0.3, 0.4) is 0 Å². The molecular formula is C22H25N2O6-. The quantitative estimate of drug-likeness (QED) is 0.739. The number of methoxy groups -OCH3 is 3. The molecule has 8 heteroatoms. The molecule has 2 amide bonds. The van der Waals surface area contributed by atoms with Gasteiger partial charge in [-0.25, -0.2) is 4.79 Å². The number of carboxylic acid groups (broad SMARTS) is 1. The predicted octanol–water partition coefficient (Wildman–Crippen LogP) is 1.51. The van der Waals surface area contributed by atoms with Gasteiger partial charge in [-0.2, -0.15) is 0 Å². The Kier molecular flexibility index (Phi) is 6.66. The van der Waals surface area contributed by atoms with Gasteiger partial charge in [-0.15, -0.1) is 0 Å². The molecule has 8 nitrogen and oxygen atoms in total. The highest BCUT2D eigenvalue weighted by Gasteiger charge is 2.33. The third-order valence-electron chi connectivity index (χ3n) is 5.17. The Labute approximate surface area is 175 Å². The van der Waals surface area contributed by atoms with Gasteiger partial charge in [0.2, 0.25) is 0 Å². The van der Waals surface area contributed by atoms with E-state index in [1.807, 2.05) is 36.4 Å². The smallest absolute Gasteiger partial charge is 0.318 e. The molecule has 1 heterocycles. The van der Waals surface area contributed by atoms with Crippen molar-refractivity contribution in [2.75, 3.05) is 34.4 Å². The van der Waals surface area contributed by atoms with Gasteiger partial charge in [0.1, 0.15) is 5.75 Å². The van der Waals surface area contributed by atoms with E-state index in [0.717, 1.165) is 16.7 Å². The minimum Gasteiger partial charge on any atom is -0.550 e. The summed E-state index contributed by atoms with van der Waals surface area (Å²) in [5, 5.41) is 13.4. The van der Waals surface area contributed by atoms with Crippen molar-refractivity contribution in [1.82, 2.24) is 10.2 Å². The summed E-state index contributed by atoms with van der Waals surface area (Å²) < 4.78 is 16.2. The van der Waals surface area contributed by atoms with E-state index in [2.05, 4.69) is 5.32 Å². The lowest BCUT2D eigenvalue weighted by molar-refractivity contribution is -0.305. The molecule has 0 aromatic heterocycles. The fourth-order valence-electron chi connectivity index (χ4n) is 3.68. The van der Waals surface area contributed by atoms with Crippen LogP contribution in [0.1, 0.15) is 29.2 Å². The van der Waals surface area contributed by atoms with Gasteiger partial charge in [-0.3, -0.25) is 0 Å². The molecule has 0 spiro atoms. The molecule has 1 atom stereocenters. The number of carbonyl (C=O) groups excluding carboxylic acids is 2. The van der Waals surface area contributed by atoms with Gasteiger partial charge in [0.05, 0.1) is 27.4 Å². The van der Waals surface area contributed by atoms with Crippen LogP contribution >= 0.6 is 0 Å². The van der Waals surface area contributed by atoms with Crippen molar-refractivity contribution in [2.24, 2.45) is 0 Å². The predicted molar refractivity (Wildman–Crippen MR) is 108 cm³/mol. The Hall–Kier alpha value is -3.42. The summed E-state index contributed by atoms with van der Waals surface area (Å²) in [6.45, 7) is 0.474. The molecule has 0 saturated carbocycles. The third-order valence-corrected chi connectivity index (χ3v) is 5.17. The molecule has 3 rings (SSSR count). The normalized spacial score (nSPS) is 15.2. The highest BCUT2D eigenvalue weighted by Crippen LogP contribution is 2.41. The standard InChI is InChI=1S/C22H26N2O6/c1-28-16-6-4-14(5-7-16)21-17-13-19(30-3)18(29-2)12-15(17)9-11-24(21)22(27)23-10-8-20(25)26/h4-7,12-13,21H,8-11H2,1-3H3,(H,23,27)(H,25,26)/p-1/t21-/m1/s1. The van der Waals surface area contributed by atoms with Gasteiger partial charge >= 0.3 is 6.03 Å². The second-order valence-electron chi connectivity index (χ2n) is 6.88. The lowest BCUT2D eigenvalue weighted by Crippen LogP contribution is -2.46. The molecule has 0 unspecified atom stereocenters. The number of hydrogen-bond donors (Lipinski definition) is 1. The van der Waals surface area contributed by atoms with Crippen LogP contribution in [0, 0.1) is 0 Å². The van der Waals surface area contributed by atoms with Crippen LogP contribution in [0.15, 0.2) is 36.4 Å².